The highest BCUT2D eigenvalue weighted by Crippen LogP contribution is 2.54. The van der Waals surface area contributed by atoms with E-state index in [2.05, 4.69) is 0 Å². The van der Waals surface area contributed by atoms with Crippen molar-refractivity contribution in [1.29, 1.82) is 0 Å². The van der Waals surface area contributed by atoms with Gasteiger partial charge in [0.25, 0.3) is 0 Å². The fourth-order valence-corrected chi connectivity index (χ4v) is 7.48. The summed E-state index contributed by atoms with van der Waals surface area (Å²) in [6.07, 6.45) is 0. The van der Waals surface area contributed by atoms with Crippen molar-refractivity contribution in [3.8, 4) is 5.75 Å². The first kappa shape index (κ1) is 24.3. The number of imide groups is 1. The third-order valence-corrected chi connectivity index (χ3v) is 9.01. The van der Waals surface area contributed by atoms with Crippen LogP contribution in [0.1, 0.15) is 28.8 Å². The Labute approximate surface area is 215 Å². The van der Waals surface area contributed by atoms with Gasteiger partial charge in [-0.25, -0.2) is 4.90 Å². The Morgan fingerprint density at radius 2 is 1.69 bits per heavy atom. The lowest BCUT2D eigenvalue weighted by Gasteiger charge is -2.30. The molecule has 0 bridgehead atoms. The molecule has 1 aromatic heterocycles. The number of ether oxygens (including phenoxy) is 2. The average Bonchev–Trinajstić information content (AvgIpc) is 3.31. The van der Waals surface area contributed by atoms with E-state index in [1.165, 1.54) is 21.2 Å². The number of rotatable bonds is 6. The molecule has 3 heterocycles. The van der Waals surface area contributed by atoms with Crippen molar-refractivity contribution in [2.45, 2.75) is 36.6 Å². The van der Waals surface area contributed by atoms with Crippen LogP contribution in [0.2, 0.25) is 0 Å². The van der Waals surface area contributed by atoms with Gasteiger partial charge in [0.15, 0.2) is 0 Å². The van der Waals surface area contributed by atoms with Gasteiger partial charge in [0.1, 0.15) is 17.5 Å². The number of hydrogen-bond acceptors (Lipinski definition) is 8. The van der Waals surface area contributed by atoms with E-state index in [1.54, 1.807) is 38.3 Å². The third-order valence-electron chi connectivity index (χ3n) is 6.41. The van der Waals surface area contributed by atoms with E-state index in [-0.39, 0.29) is 29.8 Å². The Balaban J connectivity index is 1.63. The predicted molar refractivity (Wildman–Crippen MR) is 137 cm³/mol. The second-order valence-electron chi connectivity index (χ2n) is 8.59. The van der Waals surface area contributed by atoms with Crippen LogP contribution < -0.4 is 14.5 Å². The van der Waals surface area contributed by atoms with Gasteiger partial charge in [-0.3, -0.25) is 23.7 Å². The van der Waals surface area contributed by atoms with Gasteiger partial charge in [-0.1, -0.05) is 52.9 Å². The Kier molecular flexibility index (Phi) is 6.48. The zero-order valence-electron chi connectivity index (χ0n) is 19.9. The molecule has 2 aromatic carbocycles. The molecule has 0 spiro atoms. The summed E-state index contributed by atoms with van der Waals surface area (Å²) in [6, 6.07) is 14.6. The highest BCUT2D eigenvalue weighted by molar-refractivity contribution is 8.00. The van der Waals surface area contributed by atoms with Crippen LogP contribution in [0.3, 0.4) is 0 Å². The molecule has 1 saturated heterocycles. The Hall–Kier alpha value is -3.37. The van der Waals surface area contributed by atoms with E-state index in [9.17, 15) is 19.2 Å². The summed E-state index contributed by atoms with van der Waals surface area (Å²) in [5, 5.41) is -0.201. The number of aryl methyl sites for hydroxylation is 1. The van der Waals surface area contributed by atoms with Crippen LogP contribution in [0.5, 0.6) is 5.75 Å². The van der Waals surface area contributed by atoms with Crippen molar-refractivity contribution in [1.82, 2.24) is 4.57 Å². The van der Waals surface area contributed by atoms with E-state index in [0.29, 0.717) is 21.3 Å². The fraction of sp³-hybridized carbons (Fsp3) is 0.308. The van der Waals surface area contributed by atoms with Crippen molar-refractivity contribution in [3.05, 3.63) is 74.2 Å². The van der Waals surface area contributed by atoms with Crippen molar-refractivity contribution >= 4 is 46.6 Å². The molecule has 0 unspecified atom stereocenters. The molecule has 3 aromatic rings. The largest absolute Gasteiger partial charge is 0.497 e. The number of anilines is 1. The Morgan fingerprint density at radius 1 is 1.00 bits per heavy atom. The highest BCUT2D eigenvalue weighted by atomic mass is 32.2. The van der Waals surface area contributed by atoms with Crippen LogP contribution in [0.25, 0.3) is 0 Å². The maximum atomic E-state index is 13.8. The van der Waals surface area contributed by atoms with Crippen molar-refractivity contribution in [2.24, 2.45) is 5.92 Å². The van der Waals surface area contributed by atoms with E-state index in [0.717, 1.165) is 22.5 Å². The minimum atomic E-state index is -0.735. The molecule has 5 rings (SSSR count). The molecule has 10 heteroatoms. The SMILES string of the molecule is CCOC(=O)Cn1c2c(sc1=O)[C@@H](c1ccc(OC)cc1)[C@@H]1C(=O)N(c3ccc(C)cc3)C(=O)[C@@H]1S2. The maximum absolute atomic E-state index is 13.8. The molecule has 2 amide bonds. The second-order valence-corrected chi connectivity index (χ2v) is 10.7. The molecule has 8 nitrogen and oxygen atoms in total. The van der Waals surface area contributed by atoms with Gasteiger partial charge in [0.2, 0.25) is 11.8 Å². The Morgan fingerprint density at radius 3 is 2.33 bits per heavy atom. The quantitative estimate of drug-likeness (QED) is 0.359. The molecule has 3 atom stereocenters. The molecule has 1 fully saturated rings. The number of amides is 2. The summed E-state index contributed by atoms with van der Waals surface area (Å²) >= 11 is 2.19. The van der Waals surface area contributed by atoms with Gasteiger partial charge < -0.3 is 9.47 Å². The zero-order chi connectivity index (χ0) is 25.6. The summed E-state index contributed by atoms with van der Waals surface area (Å²) in [6.45, 7) is 3.59. The summed E-state index contributed by atoms with van der Waals surface area (Å²) in [5.74, 6) is -1.72. The standard InChI is InChI=1S/C26H24N2O6S2/c1-4-34-18(29)13-27-25-22(36-26(27)32)19(15-7-11-17(33-3)12-8-15)20-21(35-25)24(31)28(23(20)30)16-9-5-14(2)6-10-16/h5-12,19-21H,4,13H2,1-3H3/t19-,20-,21+/m0/s1. The summed E-state index contributed by atoms with van der Waals surface area (Å²) in [4.78, 5) is 54.3. The van der Waals surface area contributed by atoms with Gasteiger partial charge in [0.05, 0.1) is 30.3 Å². The predicted octanol–water partition coefficient (Wildman–Crippen LogP) is 3.59. The van der Waals surface area contributed by atoms with Gasteiger partial charge in [-0.05, 0) is 43.7 Å². The number of thiazole rings is 1. The smallest absolute Gasteiger partial charge is 0.326 e. The average molecular weight is 525 g/mol. The first-order valence-corrected chi connectivity index (χ1v) is 13.2. The summed E-state index contributed by atoms with van der Waals surface area (Å²) in [5.41, 5.74) is 2.33. The maximum Gasteiger partial charge on any atom is 0.326 e. The number of carbonyl (C=O) groups excluding carboxylic acids is 3. The molecule has 2 aliphatic rings. The number of thioether (sulfide) groups is 1. The van der Waals surface area contributed by atoms with E-state index in [4.69, 9.17) is 9.47 Å². The fourth-order valence-electron chi connectivity index (χ4n) is 4.71. The molecule has 0 aliphatic carbocycles. The van der Waals surface area contributed by atoms with Crippen LogP contribution >= 0.6 is 23.1 Å². The van der Waals surface area contributed by atoms with Gasteiger partial charge in [-0.2, -0.15) is 0 Å². The van der Waals surface area contributed by atoms with Crippen LogP contribution in [-0.2, 0) is 25.7 Å². The highest BCUT2D eigenvalue weighted by Gasteiger charge is 2.56. The van der Waals surface area contributed by atoms with Crippen molar-refractivity contribution in [2.75, 3.05) is 18.6 Å². The molecular weight excluding hydrogens is 500 g/mol. The van der Waals surface area contributed by atoms with Crippen molar-refractivity contribution in [3.63, 3.8) is 0 Å². The number of aromatic nitrogens is 1. The lowest BCUT2D eigenvalue weighted by atomic mass is 9.83. The number of benzene rings is 2. The molecule has 36 heavy (non-hydrogen) atoms. The minimum absolute atomic E-state index is 0.199. The number of nitrogens with zero attached hydrogens (tertiary/aromatic N) is 2. The van der Waals surface area contributed by atoms with Gasteiger partial charge in [-0.15, -0.1) is 0 Å². The number of hydrogen-bond donors (Lipinski definition) is 0. The van der Waals surface area contributed by atoms with E-state index < -0.39 is 23.1 Å². The Bertz CT molecular complexity index is 1390. The topological polar surface area (TPSA) is 94.9 Å². The zero-order valence-corrected chi connectivity index (χ0v) is 21.6. The normalized spacial score (nSPS) is 20.8. The molecule has 0 saturated carbocycles. The van der Waals surface area contributed by atoms with Crippen LogP contribution in [0.15, 0.2) is 58.4 Å². The third kappa shape index (κ3) is 4.04. The van der Waals surface area contributed by atoms with Gasteiger partial charge in [0, 0.05) is 10.8 Å². The minimum Gasteiger partial charge on any atom is -0.497 e. The van der Waals surface area contributed by atoms with Crippen molar-refractivity contribution < 1.29 is 23.9 Å². The molecule has 186 valence electrons. The number of esters is 1. The summed E-state index contributed by atoms with van der Waals surface area (Å²) in [7, 11) is 1.57. The monoisotopic (exact) mass is 524 g/mol. The first-order valence-electron chi connectivity index (χ1n) is 11.5. The molecule has 2 aliphatic heterocycles. The first-order chi connectivity index (χ1) is 17.3. The lowest BCUT2D eigenvalue weighted by molar-refractivity contribution is -0.144. The van der Waals surface area contributed by atoms with Crippen LogP contribution in [-0.4, -0.2) is 41.3 Å². The second kappa shape index (κ2) is 9.59. The number of carbonyl (C=O) groups is 3. The number of methoxy groups -OCH3 is 1. The number of fused-ring (bicyclic) bond motifs is 2. The molecule has 0 radical (unpaired) electrons. The molecular formula is C26H24N2O6S2. The molecule has 0 N–H and O–H groups in total. The van der Waals surface area contributed by atoms with Gasteiger partial charge >= 0.3 is 10.8 Å². The van der Waals surface area contributed by atoms with E-state index in [1.807, 2.05) is 31.2 Å². The van der Waals surface area contributed by atoms with Crippen LogP contribution in [0, 0.1) is 12.8 Å². The summed E-state index contributed by atoms with van der Waals surface area (Å²) < 4.78 is 11.7. The van der Waals surface area contributed by atoms with E-state index >= 15 is 0 Å². The lowest BCUT2D eigenvalue weighted by Crippen LogP contribution is -2.32. The van der Waals surface area contributed by atoms with Crippen LogP contribution in [0.4, 0.5) is 5.69 Å².